The van der Waals surface area contributed by atoms with Crippen LogP contribution in [0.4, 0.5) is 0 Å². The second-order valence-corrected chi connectivity index (χ2v) is 10.3. The van der Waals surface area contributed by atoms with Crippen molar-refractivity contribution in [3.8, 4) is 0 Å². The summed E-state index contributed by atoms with van der Waals surface area (Å²) in [5.41, 5.74) is 2.56. The molecule has 32 heavy (non-hydrogen) atoms. The molecule has 3 heterocycles. The maximum Gasteiger partial charge on any atom is 0.264 e. The van der Waals surface area contributed by atoms with Crippen molar-refractivity contribution in [2.24, 2.45) is 5.92 Å². The molecule has 166 valence electrons. The fraction of sp³-hybridized carbons (Fsp3) is 0.407. The van der Waals surface area contributed by atoms with Gasteiger partial charge in [-0.1, -0.05) is 48.5 Å². The highest BCUT2D eigenvalue weighted by molar-refractivity contribution is 7.21. The minimum absolute atomic E-state index is 0.125. The highest BCUT2D eigenvalue weighted by Crippen LogP contribution is 2.41. The smallest absolute Gasteiger partial charge is 0.264 e. The van der Waals surface area contributed by atoms with E-state index in [2.05, 4.69) is 53.4 Å². The Bertz CT molecular complexity index is 1120. The van der Waals surface area contributed by atoms with E-state index in [-0.39, 0.29) is 17.7 Å². The van der Waals surface area contributed by atoms with Crippen molar-refractivity contribution in [2.75, 3.05) is 26.2 Å². The lowest BCUT2D eigenvalue weighted by Gasteiger charge is -2.32. The molecule has 0 spiro atoms. The summed E-state index contributed by atoms with van der Waals surface area (Å²) in [7, 11) is 0. The van der Waals surface area contributed by atoms with Crippen LogP contribution < -0.4 is 0 Å². The summed E-state index contributed by atoms with van der Waals surface area (Å²) in [6, 6.07) is 19.0. The molecular formula is C27H30N2O2S. The molecule has 5 rings (SSSR count). The first-order valence-electron chi connectivity index (χ1n) is 11.7. The van der Waals surface area contributed by atoms with Crippen LogP contribution >= 0.6 is 11.3 Å². The molecule has 5 heteroatoms. The number of piperidine rings is 1. The molecule has 0 bridgehead atoms. The van der Waals surface area contributed by atoms with Gasteiger partial charge in [-0.15, -0.1) is 11.3 Å². The zero-order chi connectivity index (χ0) is 22.1. The molecule has 0 saturated carbocycles. The number of thiophene rings is 1. The molecule has 3 aromatic rings. The van der Waals surface area contributed by atoms with E-state index in [4.69, 9.17) is 0 Å². The van der Waals surface area contributed by atoms with Gasteiger partial charge in [-0.25, -0.2) is 0 Å². The first-order chi connectivity index (χ1) is 15.6. The zero-order valence-electron chi connectivity index (χ0n) is 18.6. The number of nitrogens with zero attached hydrogens (tertiary/aromatic N) is 2. The predicted molar refractivity (Wildman–Crippen MR) is 130 cm³/mol. The second-order valence-electron chi connectivity index (χ2n) is 9.22. The molecular weight excluding hydrogens is 416 g/mol. The third-order valence-corrected chi connectivity index (χ3v) is 8.31. The van der Waals surface area contributed by atoms with Crippen LogP contribution in [0.1, 0.15) is 52.9 Å². The number of rotatable bonds is 4. The minimum Gasteiger partial charge on any atom is -0.342 e. The van der Waals surface area contributed by atoms with Gasteiger partial charge in [0.15, 0.2) is 0 Å². The Hall–Kier alpha value is -2.66. The third-order valence-electron chi connectivity index (χ3n) is 7.14. The fourth-order valence-corrected chi connectivity index (χ4v) is 6.60. The van der Waals surface area contributed by atoms with E-state index in [1.807, 2.05) is 11.0 Å². The maximum atomic E-state index is 13.7. The van der Waals surface area contributed by atoms with Crippen LogP contribution in [0.25, 0.3) is 10.1 Å². The maximum absolute atomic E-state index is 13.7. The van der Waals surface area contributed by atoms with E-state index >= 15 is 0 Å². The number of hydrogen-bond acceptors (Lipinski definition) is 3. The van der Waals surface area contributed by atoms with Gasteiger partial charge in [0.2, 0.25) is 5.91 Å². The predicted octanol–water partition coefficient (Wildman–Crippen LogP) is 5.33. The van der Waals surface area contributed by atoms with Gasteiger partial charge in [0, 0.05) is 43.7 Å². The van der Waals surface area contributed by atoms with Crippen molar-refractivity contribution in [3.63, 3.8) is 0 Å². The van der Waals surface area contributed by atoms with Crippen LogP contribution in [0.2, 0.25) is 0 Å². The van der Waals surface area contributed by atoms with Crippen molar-refractivity contribution >= 4 is 33.2 Å². The van der Waals surface area contributed by atoms with Gasteiger partial charge in [0.25, 0.3) is 5.91 Å². The Morgan fingerprint density at radius 3 is 2.31 bits per heavy atom. The lowest BCUT2D eigenvalue weighted by atomic mass is 9.89. The number of hydrogen-bond donors (Lipinski definition) is 0. The highest BCUT2D eigenvalue weighted by atomic mass is 32.1. The zero-order valence-corrected chi connectivity index (χ0v) is 19.4. The Morgan fingerprint density at radius 2 is 1.59 bits per heavy atom. The Balaban J connectivity index is 1.34. The Morgan fingerprint density at radius 1 is 0.906 bits per heavy atom. The number of benzene rings is 2. The van der Waals surface area contributed by atoms with E-state index in [9.17, 15) is 9.59 Å². The van der Waals surface area contributed by atoms with Crippen molar-refractivity contribution in [2.45, 2.75) is 38.5 Å². The van der Waals surface area contributed by atoms with Gasteiger partial charge in [-0.3, -0.25) is 9.59 Å². The van der Waals surface area contributed by atoms with Gasteiger partial charge in [-0.05, 0) is 54.2 Å². The first kappa shape index (κ1) is 21.2. The van der Waals surface area contributed by atoms with Gasteiger partial charge in [0.1, 0.15) is 0 Å². The lowest BCUT2D eigenvalue weighted by Crippen LogP contribution is -2.39. The molecule has 2 aliphatic heterocycles. The topological polar surface area (TPSA) is 40.6 Å². The van der Waals surface area contributed by atoms with Crippen molar-refractivity contribution < 1.29 is 9.59 Å². The molecule has 2 aliphatic rings. The van der Waals surface area contributed by atoms with Gasteiger partial charge in [-0.2, -0.15) is 0 Å². The van der Waals surface area contributed by atoms with Crippen LogP contribution in [0.5, 0.6) is 0 Å². The normalized spacial score (nSPS) is 19.6. The highest BCUT2D eigenvalue weighted by Gasteiger charge is 2.33. The van der Waals surface area contributed by atoms with Crippen LogP contribution in [-0.4, -0.2) is 47.8 Å². The third kappa shape index (κ3) is 4.18. The van der Waals surface area contributed by atoms with Crippen LogP contribution in [-0.2, 0) is 11.2 Å². The standard InChI is InChI=1S/C27H30N2O2S/c1-19(30)29-16-13-22(18-29)25-23-9-5-6-10-24(23)32-26(25)27(31)28-14-11-21(12-15-28)17-20-7-3-2-4-8-20/h2-10,21-22H,11-18H2,1H3/t22-/m0/s1. The number of fused-ring (bicyclic) bond motifs is 1. The van der Waals surface area contributed by atoms with Gasteiger partial charge < -0.3 is 9.80 Å². The fourth-order valence-electron chi connectivity index (χ4n) is 5.34. The number of carbonyl (C=O) groups is 2. The Labute approximate surface area is 193 Å². The molecule has 4 nitrogen and oxygen atoms in total. The van der Waals surface area contributed by atoms with Crippen LogP contribution in [0, 0.1) is 5.92 Å². The molecule has 1 atom stereocenters. The number of likely N-dealkylation sites (tertiary alicyclic amines) is 2. The summed E-state index contributed by atoms with van der Waals surface area (Å²) in [6.45, 7) is 4.79. The SMILES string of the molecule is CC(=O)N1CC[C@H](c2c(C(=O)N3CCC(Cc4ccccc4)CC3)sc3ccccc23)C1. The number of carbonyl (C=O) groups excluding carboxylic acids is 2. The molecule has 1 aromatic heterocycles. The molecule has 0 radical (unpaired) electrons. The van der Waals surface area contributed by atoms with Crippen LogP contribution in [0.15, 0.2) is 54.6 Å². The van der Waals surface area contributed by atoms with E-state index in [1.54, 1.807) is 18.3 Å². The quantitative estimate of drug-likeness (QED) is 0.543. The van der Waals surface area contributed by atoms with Gasteiger partial charge in [0.05, 0.1) is 4.88 Å². The monoisotopic (exact) mass is 446 g/mol. The lowest BCUT2D eigenvalue weighted by molar-refractivity contribution is -0.127. The van der Waals surface area contributed by atoms with Crippen molar-refractivity contribution in [3.05, 3.63) is 70.6 Å². The largest absolute Gasteiger partial charge is 0.342 e. The molecule has 2 amide bonds. The van der Waals surface area contributed by atoms with Gasteiger partial charge >= 0.3 is 0 Å². The summed E-state index contributed by atoms with van der Waals surface area (Å²) in [6.07, 6.45) is 4.14. The molecule has 2 fully saturated rings. The average molecular weight is 447 g/mol. The van der Waals surface area contributed by atoms with Crippen molar-refractivity contribution in [1.29, 1.82) is 0 Å². The molecule has 0 N–H and O–H groups in total. The van der Waals surface area contributed by atoms with E-state index in [0.717, 1.165) is 56.7 Å². The summed E-state index contributed by atoms with van der Waals surface area (Å²) in [4.78, 5) is 30.5. The van der Waals surface area contributed by atoms with E-state index in [0.29, 0.717) is 5.92 Å². The summed E-state index contributed by atoms with van der Waals surface area (Å²) in [5, 5.41) is 1.19. The molecule has 0 unspecified atom stereocenters. The molecule has 2 aromatic carbocycles. The summed E-state index contributed by atoms with van der Waals surface area (Å²) >= 11 is 1.63. The Kier molecular flexibility index (Phi) is 6.01. The summed E-state index contributed by atoms with van der Waals surface area (Å²) < 4.78 is 1.17. The van der Waals surface area contributed by atoms with E-state index in [1.165, 1.54) is 21.2 Å². The summed E-state index contributed by atoms with van der Waals surface area (Å²) in [5.74, 6) is 1.19. The van der Waals surface area contributed by atoms with Crippen LogP contribution in [0.3, 0.4) is 0 Å². The molecule has 2 saturated heterocycles. The second kappa shape index (κ2) is 9.07. The van der Waals surface area contributed by atoms with Crippen molar-refractivity contribution in [1.82, 2.24) is 9.80 Å². The average Bonchev–Trinajstić information content (AvgIpc) is 3.45. The molecule has 0 aliphatic carbocycles. The first-order valence-corrected chi connectivity index (χ1v) is 12.5. The minimum atomic E-state index is 0.125. The van der Waals surface area contributed by atoms with E-state index < -0.39 is 0 Å². The number of amides is 2.